The predicted molar refractivity (Wildman–Crippen MR) is 100.0 cm³/mol. The molecule has 2 aromatic heterocycles. The summed E-state index contributed by atoms with van der Waals surface area (Å²) in [6.07, 6.45) is 11.8. The molecule has 0 unspecified atom stereocenters. The highest BCUT2D eigenvalue weighted by Crippen LogP contribution is 2.64. The van der Waals surface area contributed by atoms with E-state index >= 15 is 0 Å². The molecule has 1 N–H and O–H groups in total. The van der Waals surface area contributed by atoms with Crippen molar-refractivity contribution in [3.05, 3.63) is 60.2 Å². The highest BCUT2D eigenvalue weighted by atomic mass is 15.4. The summed E-state index contributed by atoms with van der Waals surface area (Å²) >= 11 is 0. The molecule has 2 heterocycles. The summed E-state index contributed by atoms with van der Waals surface area (Å²) in [5.41, 5.74) is 1.48. The van der Waals surface area contributed by atoms with E-state index in [1.165, 1.54) is 37.7 Å². The molecule has 6 nitrogen and oxygen atoms in total. The third-order valence-electron chi connectivity index (χ3n) is 7.16. The molecular formula is C21H24N6. The molecule has 4 fully saturated rings. The van der Waals surface area contributed by atoms with Crippen molar-refractivity contribution >= 4 is 0 Å². The van der Waals surface area contributed by atoms with Crippen LogP contribution in [0, 0.1) is 11.8 Å². The summed E-state index contributed by atoms with van der Waals surface area (Å²) in [4.78, 5) is 9.24. The first kappa shape index (κ1) is 15.5. The number of benzene rings is 1. The molecule has 0 spiro atoms. The van der Waals surface area contributed by atoms with Crippen LogP contribution in [-0.2, 0) is 17.4 Å². The zero-order valence-electron chi connectivity index (χ0n) is 15.4. The fourth-order valence-corrected chi connectivity index (χ4v) is 6.60. The van der Waals surface area contributed by atoms with Gasteiger partial charge in [0.1, 0.15) is 18.5 Å². The van der Waals surface area contributed by atoms with E-state index in [2.05, 4.69) is 44.1 Å². The number of nitrogens with zero attached hydrogens (tertiary/aromatic N) is 5. The van der Waals surface area contributed by atoms with Gasteiger partial charge in [0.2, 0.25) is 0 Å². The Morgan fingerprint density at radius 1 is 1.07 bits per heavy atom. The van der Waals surface area contributed by atoms with Gasteiger partial charge >= 0.3 is 0 Å². The monoisotopic (exact) mass is 360 g/mol. The maximum atomic E-state index is 5.00. The third kappa shape index (κ3) is 2.38. The van der Waals surface area contributed by atoms with E-state index in [-0.39, 0.29) is 11.0 Å². The fourth-order valence-electron chi connectivity index (χ4n) is 6.60. The first-order valence-corrected chi connectivity index (χ1v) is 10.0. The Morgan fingerprint density at radius 2 is 1.89 bits per heavy atom. The number of H-pyrrole nitrogens is 1. The summed E-state index contributed by atoms with van der Waals surface area (Å²) in [7, 11) is 0. The summed E-state index contributed by atoms with van der Waals surface area (Å²) < 4.78 is 2.15. The van der Waals surface area contributed by atoms with E-state index in [0.29, 0.717) is 0 Å². The van der Waals surface area contributed by atoms with E-state index in [4.69, 9.17) is 10.1 Å². The first-order chi connectivity index (χ1) is 13.2. The van der Waals surface area contributed by atoms with Crippen LogP contribution >= 0.6 is 0 Å². The molecule has 4 bridgehead atoms. The molecule has 0 amide bonds. The predicted octanol–water partition coefficient (Wildman–Crippen LogP) is 3.23. The quantitative estimate of drug-likeness (QED) is 0.775. The van der Waals surface area contributed by atoms with E-state index in [9.17, 15) is 0 Å². The molecule has 4 aliphatic carbocycles. The van der Waals surface area contributed by atoms with Crippen molar-refractivity contribution in [1.29, 1.82) is 0 Å². The minimum absolute atomic E-state index is 0.0987. The molecular weight excluding hydrogens is 336 g/mol. The number of hydrogen-bond donors (Lipinski definition) is 1. The van der Waals surface area contributed by atoms with Gasteiger partial charge in [0.15, 0.2) is 5.82 Å². The Kier molecular flexibility index (Phi) is 3.17. The van der Waals surface area contributed by atoms with Gasteiger partial charge < -0.3 is 0 Å². The van der Waals surface area contributed by atoms with Crippen molar-refractivity contribution in [3.8, 4) is 0 Å². The van der Waals surface area contributed by atoms with Crippen LogP contribution in [0.15, 0.2) is 43.0 Å². The van der Waals surface area contributed by atoms with Crippen molar-refractivity contribution in [2.45, 2.75) is 55.9 Å². The number of rotatable bonds is 4. The van der Waals surface area contributed by atoms with Gasteiger partial charge in [-0.1, -0.05) is 30.3 Å². The molecule has 6 heteroatoms. The van der Waals surface area contributed by atoms with Crippen LogP contribution < -0.4 is 0 Å². The van der Waals surface area contributed by atoms with Gasteiger partial charge in [0.25, 0.3) is 0 Å². The minimum Gasteiger partial charge on any atom is -0.263 e. The van der Waals surface area contributed by atoms with Crippen LogP contribution in [0.2, 0.25) is 0 Å². The number of aromatic amines is 1. The molecule has 0 saturated heterocycles. The lowest BCUT2D eigenvalue weighted by Gasteiger charge is -2.60. The molecule has 0 aliphatic heterocycles. The first-order valence-electron chi connectivity index (χ1n) is 10.0. The lowest BCUT2D eigenvalue weighted by atomic mass is 9.46. The molecule has 4 saturated carbocycles. The van der Waals surface area contributed by atoms with E-state index in [1.54, 1.807) is 6.33 Å². The van der Waals surface area contributed by atoms with E-state index in [1.807, 2.05) is 12.4 Å². The van der Waals surface area contributed by atoms with Crippen LogP contribution in [0.25, 0.3) is 0 Å². The topological polar surface area (TPSA) is 72.3 Å². The Morgan fingerprint density at radius 3 is 2.63 bits per heavy atom. The second-order valence-electron chi connectivity index (χ2n) is 9.07. The summed E-state index contributed by atoms with van der Waals surface area (Å²) in [5.74, 6) is 3.52. The smallest absolute Gasteiger partial charge is 0.156 e. The Bertz CT molecular complexity index is 930. The molecule has 1 aromatic carbocycles. The SMILES string of the molecule is c1ccc(Cc2nc(C34C[C@H]5C[C@H](C3)CC(n3cncn3)(C5)C4)n[nH]2)cc1. The lowest BCUT2D eigenvalue weighted by molar-refractivity contribution is -0.0715. The molecule has 27 heavy (non-hydrogen) atoms. The van der Waals surface area contributed by atoms with Crippen LogP contribution in [0.1, 0.15) is 55.7 Å². The highest BCUT2D eigenvalue weighted by Gasteiger charge is 2.60. The zero-order valence-corrected chi connectivity index (χ0v) is 15.4. The van der Waals surface area contributed by atoms with Gasteiger partial charge in [0.05, 0.1) is 5.54 Å². The van der Waals surface area contributed by atoms with Crippen LogP contribution in [0.3, 0.4) is 0 Å². The number of aromatic nitrogens is 6. The summed E-state index contributed by atoms with van der Waals surface area (Å²) in [5, 5.41) is 12.5. The second-order valence-corrected chi connectivity index (χ2v) is 9.07. The third-order valence-corrected chi connectivity index (χ3v) is 7.16. The maximum Gasteiger partial charge on any atom is 0.156 e. The van der Waals surface area contributed by atoms with Crippen LogP contribution in [0.5, 0.6) is 0 Å². The number of nitrogens with one attached hydrogen (secondary N) is 1. The van der Waals surface area contributed by atoms with Crippen LogP contribution in [0.4, 0.5) is 0 Å². The van der Waals surface area contributed by atoms with Crippen LogP contribution in [-0.4, -0.2) is 29.9 Å². The Balaban J connectivity index is 1.34. The average molecular weight is 360 g/mol. The summed E-state index contributed by atoms with van der Waals surface area (Å²) in [6, 6.07) is 10.5. The van der Waals surface area contributed by atoms with Crippen molar-refractivity contribution in [2.75, 3.05) is 0 Å². The highest BCUT2D eigenvalue weighted by molar-refractivity contribution is 5.23. The van der Waals surface area contributed by atoms with Crippen molar-refractivity contribution in [3.63, 3.8) is 0 Å². The fraction of sp³-hybridized carbons (Fsp3) is 0.524. The molecule has 3 aromatic rings. The second kappa shape index (κ2) is 5.50. The maximum absolute atomic E-state index is 5.00. The van der Waals surface area contributed by atoms with Crippen molar-refractivity contribution < 1.29 is 0 Å². The van der Waals surface area contributed by atoms with E-state index < -0.39 is 0 Å². The van der Waals surface area contributed by atoms with Gasteiger partial charge in [0, 0.05) is 11.8 Å². The molecule has 138 valence electrons. The largest absolute Gasteiger partial charge is 0.263 e. The molecule has 7 rings (SSSR count). The Hall–Kier alpha value is -2.50. The number of hydrogen-bond acceptors (Lipinski definition) is 4. The van der Waals surface area contributed by atoms with Gasteiger partial charge in [-0.2, -0.15) is 10.2 Å². The average Bonchev–Trinajstić information content (AvgIpc) is 3.34. The Labute approximate surface area is 158 Å². The minimum atomic E-state index is 0.0987. The standard InChI is InChI=1S/C21H24N6/c1-2-4-15(5-3-1)7-18-24-19(26-25-18)20-8-16-6-17(9-20)11-21(10-16,12-20)27-14-22-13-23-27/h1-5,13-14,16-17H,6-12H2,(H,24,25,26)/t16-,17-,20?,21?/m1/s1. The van der Waals surface area contributed by atoms with Crippen molar-refractivity contribution in [1.82, 2.24) is 29.9 Å². The molecule has 0 radical (unpaired) electrons. The van der Waals surface area contributed by atoms with Gasteiger partial charge in [-0.25, -0.2) is 14.6 Å². The molecule has 2 atom stereocenters. The zero-order chi connectivity index (χ0) is 17.9. The van der Waals surface area contributed by atoms with Gasteiger partial charge in [-0.05, 0) is 55.9 Å². The molecule has 4 aliphatic rings. The normalized spacial score (nSPS) is 34.2. The van der Waals surface area contributed by atoms with Gasteiger partial charge in [-0.15, -0.1) is 0 Å². The van der Waals surface area contributed by atoms with Crippen molar-refractivity contribution in [2.24, 2.45) is 11.8 Å². The summed E-state index contributed by atoms with van der Waals surface area (Å²) in [6.45, 7) is 0. The lowest BCUT2D eigenvalue weighted by Crippen LogP contribution is -2.58. The van der Waals surface area contributed by atoms with E-state index in [0.717, 1.165) is 36.3 Å². The van der Waals surface area contributed by atoms with Gasteiger partial charge in [-0.3, -0.25) is 5.10 Å².